The van der Waals surface area contributed by atoms with E-state index in [2.05, 4.69) is 37.4 Å². The van der Waals surface area contributed by atoms with Gasteiger partial charge < -0.3 is 10.1 Å². The fraction of sp³-hybridized carbons (Fsp3) is 0.684. The fourth-order valence-corrected chi connectivity index (χ4v) is 4.05. The van der Waals surface area contributed by atoms with E-state index in [1.165, 1.54) is 43.2 Å². The molecule has 2 nitrogen and oxygen atoms in total. The van der Waals surface area contributed by atoms with Gasteiger partial charge in [-0.05, 0) is 42.4 Å². The van der Waals surface area contributed by atoms with Crippen LogP contribution in [-0.2, 0) is 6.42 Å². The molecule has 0 aromatic heterocycles. The number of benzene rings is 1. The van der Waals surface area contributed by atoms with E-state index >= 15 is 0 Å². The van der Waals surface area contributed by atoms with Crippen LogP contribution in [0.4, 0.5) is 0 Å². The first-order valence-corrected chi connectivity index (χ1v) is 8.83. The van der Waals surface area contributed by atoms with E-state index in [9.17, 15) is 0 Å². The van der Waals surface area contributed by atoms with E-state index in [0.717, 1.165) is 31.1 Å². The van der Waals surface area contributed by atoms with Crippen LogP contribution in [-0.4, -0.2) is 12.6 Å². The predicted molar refractivity (Wildman–Crippen MR) is 87.8 cm³/mol. The zero-order valence-corrected chi connectivity index (χ0v) is 13.5. The molecular weight excluding hydrogens is 258 g/mol. The van der Waals surface area contributed by atoms with E-state index in [1.54, 1.807) is 0 Å². The Hall–Kier alpha value is -1.02. The molecule has 1 N–H and O–H groups in total. The van der Waals surface area contributed by atoms with E-state index < -0.39 is 0 Å². The topological polar surface area (TPSA) is 21.3 Å². The van der Waals surface area contributed by atoms with Gasteiger partial charge in [0, 0.05) is 18.5 Å². The molecule has 0 bridgehead atoms. The van der Waals surface area contributed by atoms with Crippen LogP contribution in [0.2, 0.25) is 0 Å². The van der Waals surface area contributed by atoms with Crippen molar-refractivity contribution in [3.8, 4) is 5.75 Å². The van der Waals surface area contributed by atoms with Crippen molar-refractivity contribution in [2.45, 2.75) is 70.9 Å². The molecule has 0 radical (unpaired) electrons. The second kappa shape index (κ2) is 6.83. The quantitative estimate of drug-likeness (QED) is 0.852. The van der Waals surface area contributed by atoms with Gasteiger partial charge >= 0.3 is 0 Å². The van der Waals surface area contributed by atoms with Crippen LogP contribution in [0.3, 0.4) is 0 Å². The largest absolute Gasteiger partial charge is 0.493 e. The van der Waals surface area contributed by atoms with Crippen LogP contribution >= 0.6 is 0 Å². The summed E-state index contributed by atoms with van der Waals surface area (Å²) >= 11 is 0. The third-order valence-electron chi connectivity index (χ3n) is 5.37. The molecule has 0 saturated heterocycles. The summed E-state index contributed by atoms with van der Waals surface area (Å²) in [6.45, 7) is 5.49. The highest BCUT2D eigenvalue weighted by atomic mass is 16.5. The summed E-state index contributed by atoms with van der Waals surface area (Å²) in [5, 5.41) is 3.97. The van der Waals surface area contributed by atoms with E-state index in [-0.39, 0.29) is 0 Å². The number of hydrogen-bond donors (Lipinski definition) is 1. The molecule has 0 amide bonds. The Labute approximate surface area is 129 Å². The Kier molecular flexibility index (Phi) is 4.84. The van der Waals surface area contributed by atoms with Crippen LogP contribution in [0.25, 0.3) is 0 Å². The lowest BCUT2D eigenvalue weighted by Gasteiger charge is -2.35. The first kappa shape index (κ1) is 14.9. The summed E-state index contributed by atoms with van der Waals surface area (Å²) in [4.78, 5) is 0. The molecule has 2 heteroatoms. The van der Waals surface area contributed by atoms with Crippen molar-refractivity contribution in [1.29, 1.82) is 0 Å². The standard InChI is InChI=1S/C19H29NO/c1-3-14-7-5-6-8-18(14)20-17(4-2)15-9-10-19-16(13-15)11-12-21-19/h9-10,13-14,17-18,20H,3-8,11-12H2,1-2H3. The van der Waals surface area contributed by atoms with Crippen molar-refractivity contribution < 1.29 is 4.74 Å². The highest BCUT2D eigenvalue weighted by Crippen LogP contribution is 2.32. The van der Waals surface area contributed by atoms with E-state index in [4.69, 9.17) is 4.74 Å². The van der Waals surface area contributed by atoms with Gasteiger partial charge in [0.15, 0.2) is 0 Å². The lowest BCUT2D eigenvalue weighted by Crippen LogP contribution is -2.40. The van der Waals surface area contributed by atoms with Crippen LogP contribution in [0.1, 0.15) is 69.5 Å². The van der Waals surface area contributed by atoms with Gasteiger partial charge in [0.05, 0.1) is 6.61 Å². The monoisotopic (exact) mass is 287 g/mol. The molecular formula is C19H29NO. The third kappa shape index (κ3) is 3.26. The van der Waals surface area contributed by atoms with Gasteiger partial charge in [0.2, 0.25) is 0 Å². The molecule has 116 valence electrons. The minimum Gasteiger partial charge on any atom is -0.493 e. The van der Waals surface area contributed by atoms with Crippen molar-refractivity contribution in [1.82, 2.24) is 5.32 Å². The van der Waals surface area contributed by atoms with Crippen molar-refractivity contribution in [3.05, 3.63) is 29.3 Å². The third-order valence-corrected chi connectivity index (χ3v) is 5.37. The van der Waals surface area contributed by atoms with Crippen molar-refractivity contribution >= 4 is 0 Å². The number of rotatable bonds is 5. The molecule has 3 rings (SSSR count). The zero-order chi connectivity index (χ0) is 14.7. The molecule has 3 atom stereocenters. The average Bonchev–Trinajstić information content (AvgIpc) is 3.00. The summed E-state index contributed by atoms with van der Waals surface area (Å²) < 4.78 is 5.63. The Balaban J connectivity index is 1.72. The maximum atomic E-state index is 5.63. The molecule has 1 aromatic carbocycles. The van der Waals surface area contributed by atoms with Gasteiger partial charge in [0.1, 0.15) is 5.75 Å². The Morgan fingerprint density at radius 2 is 2.10 bits per heavy atom. The van der Waals surface area contributed by atoms with Crippen LogP contribution in [0.5, 0.6) is 5.75 Å². The predicted octanol–water partition coefficient (Wildman–Crippen LogP) is 4.63. The van der Waals surface area contributed by atoms with E-state index in [1.807, 2.05) is 0 Å². The smallest absolute Gasteiger partial charge is 0.122 e. The Bertz CT molecular complexity index is 471. The summed E-state index contributed by atoms with van der Waals surface area (Å²) in [6.07, 6.45) is 9.11. The number of fused-ring (bicyclic) bond motifs is 1. The summed E-state index contributed by atoms with van der Waals surface area (Å²) in [5.74, 6) is 1.96. The minimum atomic E-state index is 0.494. The van der Waals surface area contributed by atoms with Gasteiger partial charge in [-0.1, -0.05) is 45.2 Å². The highest BCUT2D eigenvalue weighted by molar-refractivity contribution is 5.40. The fourth-order valence-electron chi connectivity index (χ4n) is 4.05. The molecule has 1 heterocycles. The average molecular weight is 287 g/mol. The number of hydrogen-bond acceptors (Lipinski definition) is 2. The lowest BCUT2D eigenvalue weighted by molar-refractivity contribution is 0.234. The Morgan fingerprint density at radius 1 is 1.24 bits per heavy atom. The highest BCUT2D eigenvalue weighted by Gasteiger charge is 2.26. The molecule has 1 aromatic rings. The first-order chi connectivity index (χ1) is 10.3. The summed E-state index contributed by atoms with van der Waals surface area (Å²) in [5.41, 5.74) is 2.84. The molecule has 1 aliphatic carbocycles. The molecule has 1 saturated carbocycles. The molecule has 21 heavy (non-hydrogen) atoms. The second-order valence-electron chi connectivity index (χ2n) is 6.65. The second-order valence-corrected chi connectivity index (χ2v) is 6.65. The normalized spacial score (nSPS) is 26.2. The van der Waals surface area contributed by atoms with Crippen LogP contribution in [0.15, 0.2) is 18.2 Å². The van der Waals surface area contributed by atoms with Gasteiger partial charge in [-0.25, -0.2) is 0 Å². The minimum absolute atomic E-state index is 0.494. The van der Waals surface area contributed by atoms with Crippen LogP contribution < -0.4 is 10.1 Å². The number of ether oxygens (including phenoxy) is 1. The maximum Gasteiger partial charge on any atom is 0.122 e. The SMILES string of the molecule is CCC(NC1CCCCC1CC)c1ccc2c(c1)CCO2. The van der Waals surface area contributed by atoms with Gasteiger partial charge in [-0.3, -0.25) is 0 Å². The Morgan fingerprint density at radius 3 is 2.90 bits per heavy atom. The first-order valence-electron chi connectivity index (χ1n) is 8.83. The van der Waals surface area contributed by atoms with Crippen molar-refractivity contribution in [2.24, 2.45) is 5.92 Å². The van der Waals surface area contributed by atoms with E-state index in [0.29, 0.717) is 12.1 Å². The van der Waals surface area contributed by atoms with Gasteiger partial charge in [-0.15, -0.1) is 0 Å². The molecule has 0 spiro atoms. The van der Waals surface area contributed by atoms with Gasteiger partial charge in [-0.2, -0.15) is 0 Å². The van der Waals surface area contributed by atoms with Gasteiger partial charge in [0.25, 0.3) is 0 Å². The summed E-state index contributed by atoms with van der Waals surface area (Å²) in [6, 6.07) is 7.99. The lowest BCUT2D eigenvalue weighted by atomic mass is 9.82. The van der Waals surface area contributed by atoms with Crippen LogP contribution in [0, 0.1) is 5.92 Å². The molecule has 3 unspecified atom stereocenters. The molecule has 2 aliphatic rings. The summed E-state index contributed by atoms with van der Waals surface area (Å²) in [7, 11) is 0. The maximum absolute atomic E-state index is 5.63. The van der Waals surface area contributed by atoms with Crippen molar-refractivity contribution in [3.63, 3.8) is 0 Å². The van der Waals surface area contributed by atoms with Crippen molar-refractivity contribution in [2.75, 3.05) is 6.61 Å². The molecule has 1 aliphatic heterocycles. The number of nitrogens with one attached hydrogen (secondary N) is 1. The molecule has 1 fully saturated rings. The zero-order valence-electron chi connectivity index (χ0n) is 13.5.